The van der Waals surface area contributed by atoms with Crippen LogP contribution in [0.4, 0.5) is 0 Å². The van der Waals surface area contributed by atoms with Crippen molar-refractivity contribution < 1.29 is 4.79 Å². The Balaban J connectivity index is 1.88. The Morgan fingerprint density at radius 1 is 1.36 bits per heavy atom. The second-order valence-electron chi connectivity index (χ2n) is 5.26. The highest BCUT2D eigenvalue weighted by Gasteiger charge is 2.14. The second kappa shape index (κ2) is 7.97. The number of carbonyl (C=O) groups is 1. The molecule has 1 amide bonds. The van der Waals surface area contributed by atoms with Crippen molar-refractivity contribution in [3.05, 3.63) is 56.2 Å². The summed E-state index contributed by atoms with van der Waals surface area (Å²) < 4.78 is 0. The van der Waals surface area contributed by atoms with Gasteiger partial charge in [0.25, 0.3) is 0 Å². The van der Waals surface area contributed by atoms with Gasteiger partial charge in [-0.1, -0.05) is 29.3 Å². The second-order valence-corrected chi connectivity index (χ2v) is 6.88. The van der Waals surface area contributed by atoms with Gasteiger partial charge in [-0.3, -0.25) is 9.69 Å². The third-order valence-corrected chi connectivity index (χ3v) is 4.55. The number of amides is 1. The molecule has 22 heavy (non-hydrogen) atoms. The summed E-state index contributed by atoms with van der Waals surface area (Å²) in [6.07, 6.45) is 0. The minimum Gasteiger partial charge on any atom is -0.348 e. The first kappa shape index (κ1) is 17.3. The summed E-state index contributed by atoms with van der Waals surface area (Å²) in [7, 11) is 1.93. The first-order valence-corrected chi connectivity index (χ1v) is 8.59. The number of hydrogen-bond acceptors (Lipinski definition) is 3. The molecule has 0 bridgehead atoms. The fraction of sp³-hybridized carbons (Fsp3) is 0.312. The molecule has 0 aliphatic carbocycles. The van der Waals surface area contributed by atoms with Crippen molar-refractivity contribution in [3.63, 3.8) is 0 Å². The summed E-state index contributed by atoms with van der Waals surface area (Å²) >= 11 is 13.7. The van der Waals surface area contributed by atoms with E-state index in [2.05, 4.69) is 16.8 Å². The van der Waals surface area contributed by atoms with E-state index in [0.717, 1.165) is 12.1 Å². The van der Waals surface area contributed by atoms with Gasteiger partial charge in [-0.05, 0) is 54.1 Å². The quantitative estimate of drug-likeness (QED) is 0.833. The molecule has 0 saturated heterocycles. The molecule has 0 radical (unpaired) electrons. The predicted octanol–water partition coefficient (Wildman–Crippen LogP) is 4.36. The van der Waals surface area contributed by atoms with Gasteiger partial charge in [-0.15, -0.1) is 0 Å². The van der Waals surface area contributed by atoms with Crippen LogP contribution in [-0.4, -0.2) is 24.4 Å². The van der Waals surface area contributed by atoms with Gasteiger partial charge in [0.2, 0.25) is 5.91 Å². The standard InChI is InChI=1S/C16H18Cl2N2OS/c1-11(14-4-3-13(17)7-15(14)18)19-16(21)9-20(2)8-12-5-6-22-10-12/h3-7,10-11H,8-9H2,1-2H3,(H,19,21)/t11-/m0/s1. The molecule has 118 valence electrons. The van der Waals surface area contributed by atoms with Crippen molar-refractivity contribution in [1.82, 2.24) is 10.2 Å². The number of carbonyl (C=O) groups excluding carboxylic acids is 1. The Morgan fingerprint density at radius 2 is 2.14 bits per heavy atom. The van der Waals surface area contributed by atoms with Gasteiger partial charge < -0.3 is 5.32 Å². The third-order valence-electron chi connectivity index (χ3n) is 3.25. The molecule has 2 aromatic rings. The lowest BCUT2D eigenvalue weighted by Crippen LogP contribution is -2.36. The van der Waals surface area contributed by atoms with Crippen LogP contribution in [0.5, 0.6) is 0 Å². The molecule has 1 atom stereocenters. The molecule has 1 N–H and O–H groups in total. The lowest BCUT2D eigenvalue weighted by atomic mass is 10.1. The Hall–Kier alpha value is -1.07. The molecule has 1 heterocycles. The predicted molar refractivity (Wildman–Crippen MR) is 93.7 cm³/mol. The summed E-state index contributed by atoms with van der Waals surface area (Å²) in [4.78, 5) is 14.1. The monoisotopic (exact) mass is 356 g/mol. The normalized spacial score (nSPS) is 12.4. The van der Waals surface area contributed by atoms with Gasteiger partial charge in [-0.2, -0.15) is 11.3 Å². The van der Waals surface area contributed by atoms with Crippen LogP contribution in [0, 0.1) is 0 Å². The van der Waals surface area contributed by atoms with Crippen LogP contribution in [0.2, 0.25) is 10.0 Å². The lowest BCUT2D eigenvalue weighted by Gasteiger charge is -2.19. The third kappa shape index (κ3) is 4.99. The van der Waals surface area contributed by atoms with Crippen molar-refractivity contribution in [1.29, 1.82) is 0 Å². The van der Waals surface area contributed by atoms with E-state index < -0.39 is 0 Å². The van der Waals surface area contributed by atoms with Crippen LogP contribution in [0.1, 0.15) is 24.1 Å². The molecule has 0 aliphatic heterocycles. The zero-order valence-electron chi connectivity index (χ0n) is 12.5. The van der Waals surface area contributed by atoms with Crippen LogP contribution in [0.15, 0.2) is 35.0 Å². The van der Waals surface area contributed by atoms with Crippen LogP contribution in [-0.2, 0) is 11.3 Å². The average molecular weight is 357 g/mol. The van der Waals surface area contributed by atoms with E-state index in [-0.39, 0.29) is 11.9 Å². The fourth-order valence-electron chi connectivity index (χ4n) is 2.21. The van der Waals surface area contributed by atoms with Crippen molar-refractivity contribution >= 4 is 40.4 Å². The Labute approximate surface area is 144 Å². The van der Waals surface area contributed by atoms with Crippen LogP contribution >= 0.6 is 34.5 Å². The summed E-state index contributed by atoms with van der Waals surface area (Å²) in [6.45, 7) is 3.00. The van der Waals surface area contributed by atoms with Crippen molar-refractivity contribution in [2.75, 3.05) is 13.6 Å². The molecule has 0 unspecified atom stereocenters. The Kier molecular flexibility index (Phi) is 6.26. The van der Waals surface area contributed by atoms with E-state index in [1.54, 1.807) is 23.5 Å². The maximum Gasteiger partial charge on any atom is 0.234 e. The number of rotatable bonds is 6. The zero-order chi connectivity index (χ0) is 16.1. The molecule has 3 nitrogen and oxygen atoms in total. The van der Waals surface area contributed by atoms with Crippen LogP contribution in [0.25, 0.3) is 0 Å². The number of likely N-dealkylation sites (N-methyl/N-ethyl adjacent to an activating group) is 1. The summed E-state index contributed by atoms with van der Waals surface area (Å²) in [5.74, 6) is -0.0313. The van der Waals surface area contributed by atoms with Crippen molar-refractivity contribution in [2.24, 2.45) is 0 Å². The first-order chi connectivity index (χ1) is 10.5. The Morgan fingerprint density at radius 3 is 2.77 bits per heavy atom. The molecule has 0 saturated carbocycles. The van der Waals surface area contributed by atoms with E-state index in [0.29, 0.717) is 16.6 Å². The minimum absolute atomic E-state index is 0.0313. The molecule has 0 spiro atoms. The Bertz CT molecular complexity index is 631. The number of thiophene rings is 1. The van der Waals surface area contributed by atoms with Crippen molar-refractivity contribution in [3.8, 4) is 0 Å². The summed E-state index contributed by atoms with van der Waals surface area (Å²) in [5.41, 5.74) is 2.08. The van der Waals surface area contributed by atoms with Crippen LogP contribution in [0.3, 0.4) is 0 Å². The number of nitrogens with one attached hydrogen (secondary N) is 1. The highest BCUT2D eigenvalue weighted by molar-refractivity contribution is 7.07. The molecule has 6 heteroatoms. The van der Waals surface area contributed by atoms with Gasteiger partial charge in [0, 0.05) is 16.6 Å². The molecule has 1 aromatic heterocycles. The molecule has 0 fully saturated rings. The van der Waals surface area contributed by atoms with Gasteiger partial charge in [0.1, 0.15) is 0 Å². The molecular formula is C16H18Cl2N2OS. The molecule has 1 aromatic carbocycles. The van der Waals surface area contributed by atoms with E-state index >= 15 is 0 Å². The van der Waals surface area contributed by atoms with E-state index in [1.165, 1.54) is 5.56 Å². The van der Waals surface area contributed by atoms with Crippen molar-refractivity contribution in [2.45, 2.75) is 19.5 Å². The lowest BCUT2D eigenvalue weighted by molar-refractivity contribution is -0.122. The molecular weight excluding hydrogens is 339 g/mol. The maximum atomic E-state index is 12.1. The number of nitrogens with zero attached hydrogens (tertiary/aromatic N) is 1. The van der Waals surface area contributed by atoms with Gasteiger partial charge >= 0.3 is 0 Å². The maximum absolute atomic E-state index is 12.1. The van der Waals surface area contributed by atoms with E-state index in [9.17, 15) is 4.79 Å². The number of hydrogen-bond donors (Lipinski definition) is 1. The number of halogens is 2. The first-order valence-electron chi connectivity index (χ1n) is 6.89. The topological polar surface area (TPSA) is 32.3 Å². The molecule has 0 aliphatic rings. The van der Waals surface area contributed by atoms with Gasteiger partial charge in [0.05, 0.1) is 12.6 Å². The van der Waals surface area contributed by atoms with Gasteiger partial charge in [0.15, 0.2) is 0 Å². The van der Waals surface area contributed by atoms with E-state index in [4.69, 9.17) is 23.2 Å². The summed E-state index contributed by atoms with van der Waals surface area (Å²) in [5, 5.41) is 8.23. The largest absolute Gasteiger partial charge is 0.348 e. The van der Waals surface area contributed by atoms with Gasteiger partial charge in [-0.25, -0.2) is 0 Å². The number of benzene rings is 1. The molecule has 2 rings (SSSR count). The smallest absolute Gasteiger partial charge is 0.234 e. The highest BCUT2D eigenvalue weighted by Crippen LogP contribution is 2.26. The van der Waals surface area contributed by atoms with E-state index in [1.807, 2.05) is 30.3 Å². The summed E-state index contributed by atoms with van der Waals surface area (Å²) in [6, 6.07) is 7.20. The average Bonchev–Trinajstić information content (AvgIpc) is 2.90. The fourth-order valence-corrected chi connectivity index (χ4v) is 3.44. The van der Waals surface area contributed by atoms with Crippen LogP contribution < -0.4 is 5.32 Å². The SMILES string of the molecule is C[C@H](NC(=O)CN(C)Cc1ccsc1)c1ccc(Cl)cc1Cl. The minimum atomic E-state index is -0.160. The highest BCUT2D eigenvalue weighted by atomic mass is 35.5. The zero-order valence-corrected chi connectivity index (χ0v) is 14.8.